The van der Waals surface area contributed by atoms with Crippen LogP contribution in [-0.2, 0) is 59.0 Å². The van der Waals surface area contributed by atoms with Gasteiger partial charge in [0.25, 0.3) is 0 Å². The average Bonchev–Trinajstić information content (AvgIpc) is 4.12. The zero-order chi connectivity index (χ0) is 64.2. The Morgan fingerprint density at radius 1 is 0.767 bits per heavy atom. The number of fused-ring (bicyclic) bond motifs is 1. The van der Waals surface area contributed by atoms with Gasteiger partial charge in [-0.25, -0.2) is 4.79 Å². The number of esters is 2. The summed E-state index contributed by atoms with van der Waals surface area (Å²) in [5.74, 6) is -8.55. The number of aliphatic hydroxyl groups is 1. The van der Waals surface area contributed by atoms with Crippen molar-refractivity contribution in [3.8, 4) is 5.75 Å². The molecule has 1 aromatic rings. The first kappa shape index (κ1) is 74.7. The summed E-state index contributed by atoms with van der Waals surface area (Å²) in [5, 5.41) is 20.3. The number of aliphatic hydroxyl groups excluding tert-OH is 1. The van der Waals surface area contributed by atoms with Crippen LogP contribution < -0.4 is 20.7 Å². The topological polar surface area (TPSA) is 247 Å². The summed E-state index contributed by atoms with van der Waals surface area (Å²) in [4.78, 5) is 135. The molecule has 2 heterocycles. The highest BCUT2D eigenvalue weighted by Crippen LogP contribution is 2.27. The van der Waals surface area contributed by atoms with E-state index in [0.717, 1.165) is 25.7 Å². The number of hydrogen-bond acceptors (Lipinski definition) is 13. The third-order valence-electron chi connectivity index (χ3n) is 17.3. The van der Waals surface area contributed by atoms with E-state index in [0.29, 0.717) is 30.6 Å². The molecular weight excluding hydrogens is 1100 g/mol. The number of carbonyl (C=O) groups is 9. The van der Waals surface area contributed by atoms with Gasteiger partial charge >= 0.3 is 11.9 Å². The molecule has 0 aromatic heterocycles. The number of amides is 6. The van der Waals surface area contributed by atoms with Crippen molar-refractivity contribution in [3.05, 3.63) is 29.8 Å². The van der Waals surface area contributed by atoms with Crippen LogP contribution >= 0.6 is 0 Å². The quantitative estimate of drug-likeness (QED) is 0.0332. The largest absolute Gasteiger partial charge is 0.497 e. The number of Topliss-reactive ketones (excluding diaryl/α,β-unsaturated/α-hetero) is 1. The maximum Gasteiger partial charge on any atom is 0.329 e. The molecule has 0 aliphatic carbocycles. The van der Waals surface area contributed by atoms with Crippen LogP contribution in [-0.4, -0.2) is 155 Å². The molecule has 488 valence electrons. The molecule has 4 N–H and O–H groups in total. The molecule has 3 rings (SSSR count). The van der Waals surface area contributed by atoms with E-state index in [-0.39, 0.29) is 56.4 Å². The van der Waals surface area contributed by atoms with Crippen LogP contribution in [0, 0.1) is 29.6 Å². The SMILES string of the molecule is CCCCCCCCCCCCCCCCCC(=O)N(C)[C@H](CC(C)C)C(=O)N[C@@H]1C(=O)N[C@@H]([C@@H](C)CC)[C@@H](O)CC(=O)O[C@@H](C(C)C)C(=O)[C@H](C)C(=O)N[C@@H](CC(C)C)C(=O)N2CCC[C@H]2C(=O)N(C)[C@@H](Cc2ccc(OC)cc2)C(=O)O[C@@H]1C. The highest BCUT2D eigenvalue weighted by molar-refractivity contribution is 6.05. The van der Waals surface area contributed by atoms with Crippen LogP contribution in [0.5, 0.6) is 5.75 Å². The number of nitrogens with zero attached hydrogens (tertiary/aromatic N) is 3. The van der Waals surface area contributed by atoms with Gasteiger partial charge < -0.3 is 50.0 Å². The fourth-order valence-electron chi connectivity index (χ4n) is 11.6. The van der Waals surface area contributed by atoms with Gasteiger partial charge in [-0.05, 0) is 87.3 Å². The molecule has 0 radical (unpaired) electrons. The predicted octanol–water partition coefficient (Wildman–Crippen LogP) is 9.21. The Kier molecular flexibility index (Phi) is 33.5. The normalized spacial score (nSPS) is 24.3. The number of hydrogen-bond donors (Lipinski definition) is 4. The van der Waals surface area contributed by atoms with E-state index < -0.39 is 126 Å². The number of rotatable bonds is 29. The van der Waals surface area contributed by atoms with E-state index in [1.807, 2.05) is 34.6 Å². The zero-order valence-electron chi connectivity index (χ0n) is 55.1. The van der Waals surface area contributed by atoms with Crippen molar-refractivity contribution >= 4 is 53.2 Å². The lowest BCUT2D eigenvalue weighted by molar-refractivity contribution is -0.163. The Bertz CT molecular complexity index is 2290. The first-order valence-corrected chi connectivity index (χ1v) is 32.8. The number of methoxy groups -OCH3 is 1. The van der Waals surface area contributed by atoms with E-state index in [4.69, 9.17) is 14.2 Å². The van der Waals surface area contributed by atoms with E-state index in [1.165, 1.54) is 107 Å². The molecule has 2 aliphatic rings. The Morgan fingerprint density at radius 2 is 1.34 bits per heavy atom. The van der Waals surface area contributed by atoms with Crippen LogP contribution in [0.1, 0.15) is 223 Å². The number of cyclic esters (lactones) is 2. The second-order valence-electron chi connectivity index (χ2n) is 25.8. The molecule has 0 unspecified atom stereocenters. The van der Waals surface area contributed by atoms with Crippen LogP contribution in [0.4, 0.5) is 0 Å². The molecule has 2 fully saturated rings. The number of likely N-dealkylation sites (N-methyl/N-ethyl adjacent to an activating group) is 2. The Balaban J connectivity index is 2.06. The maximum atomic E-state index is 15.0. The lowest BCUT2D eigenvalue weighted by Crippen LogP contribution is -2.61. The van der Waals surface area contributed by atoms with Gasteiger partial charge in [0.1, 0.15) is 42.1 Å². The van der Waals surface area contributed by atoms with Crippen LogP contribution in [0.2, 0.25) is 0 Å². The van der Waals surface area contributed by atoms with Gasteiger partial charge in [0, 0.05) is 33.5 Å². The number of ether oxygens (including phenoxy) is 3. The van der Waals surface area contributed by atoms with E-state index >= 15 is 9.59 Å². The number of ketones is 1. The van der Waals surface area contributed by atoms with Gasteiger partial charge in [0.15, 0.2) is 11.9 Å². The molecule has 11 atom stereocenters. The van der Waals surface area contributed by atoms with E-state index in [9.17, 15) is 38.7 Å². The zero-order valence-corrected chi connectivity index (χ0v) is 55.1. The minimum atomic E-state index is -1.66. The number of nitrogens with one attached hydrogen (secondary N) is 3. The minimum Gasteiger partial charge on any atom is -0.497 e. The molecule has 19 nitrogen and oxygen atoms in total. The van der Waals surface area contributed by atoms with E-state index in [2.05, 4.69) is 22.9 Å². The Hall–Kier alpha value is -5.59. The summed E-state index contributed by atoms with van der Waals surface area (Å²) in [7, 11) is 4.53. The van der Waals surface area contributed by atoms with Gasteiger partial charge in [-0.2, -0.15) is 0 Å². The molecule has 1 aromatic carbocycles. The average molecular weight is 1210 g/mol. The molecule has 2 aliphatic heterocycles. The molecule has 0 saturated carbocycles. The summed E-state index contributed by atoms with van der Waals surface area (Å²) in [6, 6.07) is -0.576. The highest BCUT2D eigenvalue weighted by atomic mass is 16.6. The number of unbranched alkanes of at least 4 members (excludes halogenated alkanes) is 14. The molecular formula is C67H112N6O13. The highest BCUT2D eigenvalue weighted by Gasteiger charge is 2.45. The maximum absolute atomic E-state index is 15.0. The fourth-order valence-corrected chi connectivity index (χ4v) is 11.6. The summed E-state index contributed by atoms with van der Waals surface area (Å²) in [6.07, 6.45) is 14.1. The number of carbonyl (C=O) groups excluding carboxylic acids is 9. The summed E-state index contributed by atoms with van der Waals surface area (Å²) in [5.41, 5.74) is 0.611. The Morgan fingerprint density at radius 3 is 1.86 bits per heavy atom. The fraction of sp³-hybridized carbons (Fsp3) is 0.776. The second-order valence-corrected chi connectivity index (χ2v) is 25.8. The predicted molar refractivity (Wildman–Crippen MR) is 333 cm³/mol. The van der Waals surface area contributed by atoms with Crippen molar-refractivity contribution in [1.82, 2.24) is 30.7 Å². The minimum absolute atomic E-state index is 0.0816. The van der Waals surface area contributed by atoms with Crippen LogP contribution in [0.25, 0.3) is 0 Å². The lowest BCUT2D eigenvalue weighted by Gasteiger charge is -2.36. The van der Waals surface area contributed by atoms with Crippen LogP contribution in [0.3, 0.4) is 0 Å². The molecule has 0 bridgehead atoms. The Labute approximate surface area is 515 Å². The molecule has 6 amide bonds. The standard InChI is InChI=1S/C67H112N6O13/c1-15-17-18-19-20-21-22-23-24-25-26-27-28-29-30-33-56(75)71(12)53(40-44(5)6)63(79)70-59-48(11)85-67(83)54(41-49-34-36-50(84-14)37-35-49)72(13)66(82)52-32-31-38-73(52)65(81)51(39-43(3)4)68-62(78)47(10)60(77)61(45(7)8)86-57(76)42-55(74)58(46(9)16-2)69-64(59)80/h34-37,43-48,51-55,58-59,61,74H,15-33,38-42H2,1-14H3,(H,68,78)(H,69,80)(H,70,79)/t46-,47-,48+,51-,52-,53+,54-,55-,58-,59-,61-/m0/s1. The van der Waals surface area contributed by atoms with Gasteiger partial charge in [0.05, 0.1) is 31.6 Å². The van der Waals surface area contributed by atoms with Crippen molar-refractivity contribution in [2.75, 3.05) is 27.7 Å². The molecule has 2 saturated heterocycles. The summed E-state index contributed by atoms with van der Waals surface area (Å²) >= 11 is 0. The smallest absolute Gasteiger partial charge is 0.329 e. The van der Waals surface area contributed by atoms with Crippen molar-refractivity contribution < 1.29 is 62.5 Å². The first-order chi connectivity index (χ1) is 40.8. The van der Waals surface area contributed by atoms with Gasteiger partial charge in [0.2, 0.25) is 35.4 Å². The third-order valence-corrected chi connectivity index (χ3v) is 17.3. The first-order valence-electron chi connectivity index (χ1n) is 32.8. The molecule has 0 spiro atoms. The number of benzene rings is 1. The van der Waals surface area contributed by atoms with Crippen molar-refractivity contribution in [2.24, 2.45) is 29.6 Å². The molecule has 86 heavy (non-hydrogen) atoms. The van der Waals surface area contributed by atoms with E-state index in [1.54, 1.807) is 52.1 Å². The monoisotopic (exact) mass is 1210 g/mol. The van der Waals surface area contributed by atoms with Crippen molar-refractivity contribution in [2.45, 2.75) is 278 Å². The summed E-state index contributed by atoms with van der Waals surface area (Å²) in [6.45, 7) is 19.6. The summed E-state index contributed by atoms with van der Waals surface area (Å²) < 4.78 is 17.4. The lowest BCUT2D eigenvalue weighted by atomic mass is 9.91. The van der Waals surface area contributed by atoms with Gasteiger partial charge in [-0.3, -0.25) is 38.4 Å². The second kappa shape index (κ2) is 38.6. The van der Waals surface area contributed by atoms with Gasteiger partial charge in [-0.15, -0.1) is 0 Å². The molecule has 19 heteroatoms. The van der Waals surface area contributed by atoms with Crippen LogP contribution in [0.15, 0.2) is 24.3 Å². The van der Waals surface area contributed by atoms with Gasteiger partial charge in [-0.1, -0.05) is 171 Å². The third kappa shape index (κ3) is 24.2. The van der Waals surface area contributed by atoms with Crippen molar-refractivity contribution in [3.63, 3.8) is 0 Å². The van der Waals surface area contributed by atoms with Crippen molar-refractivity contribution in [1.29, 1.82) is 0 Å².